The summed E-state index contributed by atoms with van der Waals surface area (Å²) >= 11 is 3.39. The highest BCUT2D eigenvalue weighted by Gasteiger charge is 2.95. The van der Waals surface area contributed by atoms with Crippen molar-refractivity contribution in [3.05, 3.63) is 18.5 Å². The van der Waals surface area contributed by atoms with Gasteiger partial charge in [-0.25, -0.2) is 4.68 Å². The van der Waals surface area contributed by atoms with Crippen molar-refractivity contribution >= 4 is 17.5 Å². The molecular weight excluding hydrogens is 528 g/mol. The maximum atomic E-state index is 13.6. The fraction of sp³-hybridized carbons (Fsp3) is 0.667. The van der Waals surface area contributed by atoms with E-state index < -0.39 is 57.4 Å². The predicted octanol–water partition coefficient (Wildman–Crippen LogP) is 5.80. The Morgan fingerprint density at radius 1 is 0.625 bits per heavy atom. The van der Waals surface area contributed by atoms with Crippen LogP contribution in [0.3, 0.4) is 0 Å². The number of hydrogen-bond donors (Lipinski definition) is 0. The van der Waals surface area contributed by atoms with Crippen LogP contribution < -0.4 is 0 Å². The Morgan fingerprint density at radius 3 is 1.28 bits per heavy atom. The number of carbonyl (C=O) groups excluding carboxylic acids is 1. The number of halogens is 17. The van der Waals surface area contributed by atoms with Crippen molar-refractivity contribution < 1.29 is 75.0 Å². The van der Waals surface area contributed by atoms with E-state index in [9.17, 15) is 75.0 Å². The fourth-order valence-electron chi connectivity index (χ4n) is 1.83. The van der Waals surface area contributed by atoms with Crippen LogP contribution in [0, 0.1) is 0 Å². The summed E-state index contributed by atoms with van der Waals surface area (Å²) in [7, 11) is 0. The number of alkyl halides is 17. The Kier molecular flexibility index (Phi) is 6.38. The van der Waals surface area contributed by atoms with Gasteiger partial charge in [-0.2, -0.15) is 75.3 Å². The lowest BCUT2D eigenvalue weighted by atomic mass is 9.89. The van der Waals surface area contributed by atoms with Gasteiger partial charge >= 0.3 is 52.7 Å². The van der Waals surface area contributed by atoms with E-state index in [1.807, 2.05) is 0 Å². The third-order valence-corrected chi connectivity index (χ3v) is 3.94. The third kappa shape index (κ3) is 3.37. The highest BCUT2D eigenvalue weighted by molar-refractivity contribution is 6.22. The van der Waals surface area contributed by atoms with E-state index >= 15 is 0 Å². The lowest BCUT2D eigenvalue weighted by molar-refractivity contribution is -0.445. The second-order valence-corrected chi connectivity index (χ2v) is 6.25. The molecule has 1 aromatic heterocycles. The quantitative estimate of drug-likeness (QED) is 0.315. The standard InChI is InChI=1S/C12H3ClF16N2O/c13-12(28,29)11(26,27)10(24,25)9(22,23)8(20,21)7(18,19)6(16,17)5(14,15)4(32)31-3-1-2-30-31/h1-3H. The van der Waals surface area contributed by atoms with Gasteiger partial charge in [-0.1, -0.05) is 0 Å². The molecule has 1 heterocycles. The molecule has 0 radical (unpaired) electrons. The first-order valence-corrected chi connectivity index (χ1v) is 7.40. The van der Waals surface area contributed by atoms with Crippen molar-refractivity contribution in [2.45, 2.75) is 46.8 Å². The Labute approximate surface area is 168 Å². The van der Waals surface area contributed by atoms with Crippen molar-refractivity contribution in [3.63, 3.8) is 0 Å². The minimum absolute atomic E-state index is 0.0501. The van der Waals surface area contributed by atoms with Gasteiger partial charge in [0, 0.05) is 12.4 Å². The molecule has 0 unspecified atom stereocenters. The van der Waals surface area contributed by atoms with Crippen molar-refractivity contribution in [1.82, 2.24) is 9.78 Å². The molecule has 0 N–H and O–H groups in total. The van der Waals surface area contributed by atoms with E-state index in [2.05, 4.69) is 16.7 Å². The molecule has 20 heteroatoms. The van der Waals surface area contributed by atoms with Gasteiger partial charge in [0.05, 0.1) is 0 Å². The van der Waals surface area contributed by atoms with Crippen LogP contribution >= 0.6 is 11.6 Å². The zero-order valence-corrected chi connectivity index (χ0v) is 14.7. The van der Waals surface area contributed by atoms with Crippen LogP contribution in [0.1, 0.15) is 4.79 Å². The average molecular weight is 531 g/mol. The summed E-state index contributed by atoms with van der Waals surface area (Å²) in [5.41, 5.74) is 0. The zero-order chi connectivity index (χ0) is 26.0. The van der Waals surface area contributed by atoms with Crippen LogP contribution in [0.15, 0.2) is 18.5 Å². The molecule has 3 nitrogen and oxygen atoms in total. The number of rotatable bonds is 8. The van der Waals surface area contributed by atoms with Crippen LogP contribution in [-0.4, -0.2) is 62.5 Å². The van der Waals surface area contributed by atoms with Crippen LogP contribution in [0.25, 0.3) is 0 Å². The average Bonchev–Trinajstić information content (AvgIpc) is 3.13. The monoisotopic (exact) mass is 530 g/mol. The molecule has 0 fully saturated rings. The van der Waals surface area contributed by atoms with Gasteiger partial charge in [0.2, 0.25) is 0 Å². The largest absolute Gasteiger partial charge is 0.395 e. The van der Waals surface area contributed by atoms with Crippen molar-refractivity contribution in [1.29, 1.82) is 0 Å². The molecule has 0 spiro atoms. The maximum absolute atomic E-state index is 13.6. The molecule has 0 saturated carbocycles. The van der Waals surface area contributed by atoms with E-state index in [1.165, 1.54) is 0 Å². The first kappa shape index (κ1) is 28.1. The fourth-order valence-corrected chi connectivity index (χ4v) is 1.95. The van der Waals surface area contributed by atoms with Gasteiger partial charge in [-0.15, -0.1) is 0 Å². The predicted molar refractivity (Wildman–Crippen MR) is 68.3 cm³/mol. The maximum Gasteiger partial charge on any atom is 0.395 e. The molecule has 186 valence electrons. The molecule has 0 aliphatic rings. The van der Waals surface area contributed by atoms with Gasteiger partial charge in [-0.05, 0) is 17.7 Å². The summed E-state index contributed by atoms with van der Waals surface area (Å²) in [4.78, 5) is 11.2. The summed E-state index contributed by atoms with van der Waals surface area (Å²) in [5.74, 6) is -60.5. The Hall–Kier alpha value is -1.95. The van der Waals surface area contributed by atoms with Crippen LogP contribution in [-0.2, 0) is 0 Å². The second-order valence-electron chi connectivity index (χ2n) is 5.77. The molecular formula is C12H3ClF16N2O. The summed E-state index contributed by atoms with van der Waals surface area (Å²) in [5, 5.41) is -4.31. The molecule has 0 aliphatic heterocycles. The highest BCUT2D eigenvalue weighted by Crippen LogP contribution is 2.64. The summed E-state index contributed by atoms with van der Waals surface area (Å²) in [6.45, 7) is 0. The zero-order valence-electron chi connectivity index (χ0n) is 14.0. The summed E-state index contributed by atoms with van der Waals surface area (Å²) in [6, 6.07) is 0.516. The number of aromatic nitrogens is 2. The molecule has 0 aliphatic carbocycles. The lowest BCUT2D eigenvalue weighted by Crippen LogP contribution is -2.75. The molecule has 0 atom stereocenters. The van der Waals surface area contributed by atoms with Gasteiger partial charge < -0.3 is 0 Å². The lowest BCUT2D eigenvalue weighted by Gasteiger charge is -2.42. The van der Waals surface area contributed by atoms with E-state index in [0.29, 0.717) is 12.3 Å². The number of carbonyl (C=O) groups is 1. The van der Waals surface area contributed by atoms with Gasteiger partial charge in [0.1, 0.15) is 0 Å². The molecule has 0 saturated heterocycles. The number of hydrogen-bond acceptors (Lipinski definition) is 2. The van der Waals surface area contributed by atoms with Crippen LogP contribution in [0.5, 0.6) is 0 Å². The minimum atomic E-state index is -8.62. The third-order valence-electron chi connectivity index (χ3n) is 3.70. The molecule has 0 amide bonds. The topological polar surface area (TPSA) is 34.9 Å². The van der Waals surface area contributed by atoms with Gasteiger partial charge in [0.25, 0.3) is 0 Å². The first-order chi connectivity index (χ1) is 13.8. The molecule has 1 aromatic rings. The van der Waals surface area contributed by atoms with Gasteiger partial charge in [-0.3, -0.25) is 4.79 Å². The Balaban J connectivity index is 3.67. The SMILES string of the molecule is O=C(n1cccn1)C(F)(F)C(F)(F)C(F)(F)C(F)(F)C(F)(F)C(F)(F)C(F)(F)C(F)(F)Cl. The Bertz CT molecular complexity index is 844. The van der Waals surface area contributed by atoms with Crippen LogP contribution in [0.4, 0.5) is 70.2 Å². The molecule has 0 bridgehead atoms. The van der Waals surface area contributed by atoms with Gasteiger partial charge in [0.15, 0.2) is 0 Å². The van der Waals surface area contributed by atoms with E-state index in [4.69, 9.17) is 0 Å². The van der Waals surface area contributed by atoms with Crippen molar-refractivity contribution in [2.24, 2.45) is 0 Å². The van der Waals surface area contributed by atoms with Crippen molar-refractivity contribution in [3.8, 4) is 0 Å². The highest BCUT2D eigenvalue weighted by atomic mass is 35.5. The molecule has 32 heavy (non-hydrogen) atoms. The normalized spacial score (nSPS) is 15.8. The van der Waals surface area contributed by atoms with E-state index in [-0.39, 0.29) is 6.20 Å². The van der Waals surface area contributed by atoms with E-state index in [0.717, 1.165) is 0 Å². The van der Waals surface area contributed by atoms with E-state index in [1.54, 1.807) is 0 Å². The van der Waals surface area contributed by atoms with Crippen molar-refractivity contribution in [2.75, 3.05) is 0 Å². The smallest absolute Gasteiger partial charge is 0.265 e. The first-order valence-electron chi connectivity index (χ1n) is 7.02. The Morgan fingerprint density at radius 2 is 0.969 bits per heavy atom. The molecule has 0 aromatic carbocycles. The summed E-state index contributed by atoms with van der Waals surface area (Å²) in [6.07, 6.45) is 0.427. The molecule has 1 rings (SSSR count). The minimum Gasteiger partial charge on any atom is -0.265 e. The number of nitrogens with zero attached hydrogens (tertiary/aromatic N) is 2. The van der Waals surface area contributed by atoms with Crippen LogP contribution in [0.2, 0.25) is 0 Å². The second kappa shape index (κ2) is 7.28. The summed E-state index contributed by atoms with van der Waals surface area (Å²) < 4.78 is 211.